The molecule has 0 aliphatic heterocycles. The maximum Gasteiger partial charge on any atom is 0.252 e. The lowest BCUT2D eigenvalue weighted by atomic mass is 10.2. The highest BCUT2D eigenvalue weighted by molar-refractivity contribution is 9.10. The Morgan fingerprint density at radius 1 is 1.09 bits per heavy atom. The second-order valence-electron chi connectivity index (χ2n) is 7.13. The van der Waals surface area contributed by atoms with Crippen LogP contribution in [0.1, 0.15) is 21.7 Å². The average molecular weight is 578 g/mol. The van der Waals surface area contributed by atoms with Gasteiger partial charge in [0, 0.05) is 15.2 Å². The molecular formula is C24H19BrCl2N4O2S. The number of amides is 1. The largest absolute Gasteiger partial charge is 0.497 e. The van der Waals surface area contributed by atoms with Gasteiger partial charge in [0.25, 0.3) is 5.91 Å². The smallest absolute Gasteiger partial charge is 0.252 e. The summed E-state index contributed by atoms with van der Waals surface area (Å²) in [5, 5.41) is 13.2. The first-order valence-corrected chi connectivity index (χ1v) is 12.7. The molecule has 0 aliphatic carbocycles. The average Bonchev–Trinajstić information content (AvgIpc) is 3.24. The summed E-state index contributed by atoms with van der Waals surface area (Å²) in [6.07, 6.45) is 0. The summed E-state index contributed by atoms with van der Waals surface area (Å²) < 4.78 is 7.86. The lowest BCUT2D eigenvalue weighted by molar-refractivity contribution is 0.0949. The van der Waals surface area contributed by atoms with Crippen molar-refractivity contribution in [1.82, 2.24) is 20.1 Å². The number of benzene rings is 3. The zero-order chi connectivity index (χ0) is 24.1. The fraction of sp³-hybridized carbons (Fsp3) is 0.125. The van der Waals surface area contributed by atoms with E-state index in [0.717, 1.165) is 11.3 Å². The van der Waals surface area contributed by atoms with E-state index in [2.05, 4.69) is 31.4 Å². The van der Waals surface area contributed by atoms with Crippen molar-refractivity contribution in [3.8, 4) is 11.4 Å². The van der Waals surface area contributed by atoms with Gasteiger partial charge in [0.05, 0.1) is 29.9 Å². The van der Waals surface area contributed by atoms with Gasteiger partial charge in [-0.3, -0.25) is 9.36 Å². The van der Waals surface area contributed by atoms with Crippen LogP contribution in [0.2, 0.25) is 10.0 Å². The molecule has 0 fully saturated rings. The number of aromatic nitrogens is 3. The summed E-state index contributed by atoms with van der Waals surface area (Å²) in [5.74, 6) is 1.74. The molecule has 10 heteroatoms. The Balaban J connectivity index is 1.61. The molecule has 34 heavy (non-hydrogen) atoms. The maximum atomic E-state index is 12.7. The first-order valence-electron chi connectivity index (χ1n) is 10.1. The molecule has 4 aromatic rings. The van der Waals surface area contributed by atoms with Crippen molar-refractivity contribution in [2.45, 2.75) is 17.5 Å². The summed E-state index contributed by atoms with van der Waals surface area (Å²) in [4.78, 5) is 12.7. The number of nitrogens with one attached hydrogen (secondary N) is 1. The molecule has 174 valence electrons. The first kappa shape index (κ1) is 24.6. The van der Waals surface area contributed by atoms with Gasteiger partial charge in [0.2, 0.25) is 0 Å². The molecule has 0 unspecified atom stereocenters. The van der Waals surface area contributed by atoms with E-state index in [4.69, 9.17) is 27.9 Å². The first-order chi connectivity index (χ1) is 16.5. The predicted octanol–water partition coefficient (Wildman–Crippen LogP) is 6.57. The zero-order valence-corrected chi connectivity index (χ0v) is 21.9. The molecule has 0 spiro atoms. The van der Waals surface area contributed by atoms with Crippen LogP contribution < -0.4 is 10.1 Å². The number of thioether (sulfide) groups is 1. The fourth-order valence-corrected chi connectivity index (χ4v) is 5.09. The Bertz CT molecular complexity index is 1330. The Morgan fingerprint density at radius 3 is 2.68 bits per heavy atom. The second kappa shape index (κ2) is 11.3. The molecule has 3 aromatic carbocycles. The summed E-state index contributed by atoms with van der Waals surface area (Å²) in [6, 6.07) is 20.3. The van der Waals surface area contributed by atoms with Gasteiger partial charge in [-0.15, -0.1) is 10.2 Å². The summed E-state index contributed by atoms with van der Waals surface area (Å²) >= 11 is 17.5. The highest BCUT2D eigenvalue weighted by Crippen LogP contribution is 2.31. The van der Waals surface area contributed by atoms with Crippen LogP contribution in [0.15, 0.2) is 76.4 Å². The Labute approximate surface area is 219 Å². The second-order valence-corrected chi connectivity index (χ2v) is 9.77. The Hall–Kier alpha value is -2.52. The van der Waals surface area contributed by atoms with Crippen LogP contribution in [0.4, 0.5) is 0 Å². The highest BCUT2D eigenvalue weighted by Gasteiger charge is 2.19. The normalized spacial score (nSPS) is 10.8. The number of ether oxygens (including phenoxy) is 1. The third kappa shape index (κ3) is 5.75. The molecule has 1 amide bonds. The standard InChI is InChI=1S/C24H19BrCl2N4O2S/c1-33-17-6-4-5-15(11-17)14-34-24-30-29-22(31(24)21-10-9-16(26)12-20(21)27)13-28-23(32)18-7-2-3-8-19(18)25/h2-12H,13-14H2,1H3,(H,28,32). The number of halogens is 3. The number of carbonyl (C=O) groups excluding carboxylic acids is 1. The predicted molar refractivity (Wildman–Crippen MR) is 139 cm³/mol. The molecule has 0 bridgehead atoms. The number of hydrogen-bond donors (Lipinski definition) is 1. The Morgan fingerprint density at radius 2 is 1.91 bits per heavy atom. The van der Waals surface area contributed by atoms with Gasteiger partial charge >= 0.3 is 0 Å². The third-order valence-corrected chi connectivity index (χ3v) is 7.11. The Kier molecular flexibility index (Phi) is 8.15. The van der Waals surface area contributed by atoms with Crippen LogP contribution in [0.3, 0.4) is 0 Å². The van der Waals surface area contributed by atoms with E-state index in [1.165, 1.54) is 11.8 Å². The van der Waals surface area contributed by atoms with E-state index in [0.29, 0.717) is 42.5 Å². The summed E-state index contributed by atoms with van der Waals surface area (Å²) in [6.45, 7) is 0.159. The number of carbonyl (C=O) groups is 1. The van der Waals surface area contributed by atoms with E-state index in [1.807, 2.05) is 53.1 Å². The minimum absolute atomic E-state index is 0.159. The van der Waals surface area contributed by atoms with Gasteiger partial charge in [-0.25, -0.2) is 0 Å². The minimum atomic E-state index is -0.227. The van der Waals surface area contributed by atoms with Crippen LogP contribution in [-0.4, -0.2) is 27.8 Å². The highest BCUT2D eigenvalue weighted by atomic mass is 79.9. The van der Waals surface area contributed by atoms with E-state index in [1.54, 1.807) is 25.3 Å². The lowest BCUT2D eigenvalue weighted by Crippen LogP contribution is -2.25. The van der Waals surface area contributed by atoms with Crippen LogP contribution in [0, 0.1) is 0 Å². The molecule has 1 N–H and O–H groups in total. The molecule has 1 heterocycles. The SMILES string of the molecule is COc1cccc(CSc2nnc(CNC(=O)c3ccccc3Br)n2-c2ccc(Cl)cc2Cl)c1. The van der Waals surface area contributed by atoms with Crippen LogP contribution in [0.5, 0.6) is 5.75 Å². The topological polar surface area (TPSA) is 69.0 Å². The van der Waals surface area contributed by atoms with Gasteiger partial charge in [-0.1, -0.05) is 59.2 Å². The zero-order valence-electron chi connectivity index (χ0n) is 18.0. The number of methoxy groups -OCH3 is 1. The van der Waals surface area contributed by atoms with E-state index in [-0.39, 0.29) is 12.5 Å². The van der Waals surface area contributed by atoms with Crippen LogP contribution in [0.25, 0.3) is 5.69 Å². The number of hydrogen-bond acceptors (Lipinski definition) is 5. The fourth-order valence-electron chi connectivity index (χ4n) is 3.22. The van der Waals surface area contributed by atoms with Gasteiger partial charge in [0.1, 0.15) is 5.75 Å². The van der Waals surface area contributed by atoms with Crippen molar-refractivity contribution < 1.29 is 9.53 Å². The summed E-state index contributed by atoms with van der Waals surface area (Å²) in [5.41, 5.74) is 2.28. The van der Waals surface area contributed by atoms with Crippen molar-refractivity contribution in [3.63, 3.8) is 0 Å². The molecule has 0 aliphatic rings. The molecular weight excluding hydrogens is 559 g/mol. The van der Waals surface area contributed by atoms with E-state index in [9.17, 15) is 4.79 Å². The molecule has 4 rings (SSSR count). The van der Waals surface area contributed by atoms with Gasteiger partial charge in [-0.2, -0.15) is 0 Å². The minimum Gasteiger partial charge on any atom is -0.497 e. The maximum absolute atomic E-state index is 12.7. The van der Waals surface area contributed by atoms with E-state index >= 15 is 0 Å². The molecule has 0 saturated heterocycles. The number of rotatable bonds is 8. The van der Waals surface area contributed by atoms with Crippen molar-refractivity contribution in [3.05, 3.63) is 98.2 Å². The molecule has 6 nitrogen and oxygen atoms in total. The van der Waals surface area contributed by atoms with Crippen molar-refractivity contribution in [2.24, 2.45) is 0 Å². The van der Waals surface area contributed by atoms with Crippen molar-refractivity contribution in [1.29, 1.82) is 0 Å². The number of nitrogens with zero attached hydrogens (tertiary/aromatic N) is 3. The van der Waals surface area contributed by atoms with E-state index < -0.39 is 0 Å². The molecule has 0 atom stereocenters. The van der Waals surface area contributed by atoms with Gasteiger partial charge in [0.15, 0.2) is 11.0 Å². The molecule has 1 aromatic heterocycles. The van der Waals surface area contributed by atoms with Crippen molar-refractivity contribution in [2.75, 3.05) is 7.11 Å². The molecule has 0 radical (unpaired) electrons. The third-order valence-electron chi connectivity index (χ3n) is 4.88. The van der Waals surface area contributed by atoms with Crippen LogP contribution >= 0.6 is 50.9 Å². The lowest BCUT2D eigenvalue weighted by Gasteiger charge is -2.13. The summed E-state index contributed by atoms with van der Waals surface area (Å²) in [7, 11) is 1.64. The van der Waals surface area contributed by atoms with Gasteiger partial charge < -0.3 is 10.1 Å². The van der Waals surface area contributed by atoms with Crippen LogP contribution in [-0.2, 0) is 12.3 Å². The quantitative estimate of drug-likeness (QED) is 0.240. The van der Waals surface area contributed by atoms with Gasteiger partial charge in [-0.05, 0) is 64.0 Å². The molecule has 0 saturated carbocycles. The monoisotopic (exact) mass is 576 g/mol. The van der Waals surface area contributed by atoms with Crippen molar-refractivity contribution >= 4 is 56.8 Å².